The summed E-state index contributed by atoms with van der Waals surface area (Å²) < 4.78 is 0. The zero-order chi connectivity index (χ0) is 14.4. The molecule has 1 amide bonds. The van der Waals surface area contributed by atoms with E-state index in [1.54, 1.807) is 0 Å². The summed E-state index contributed by atoms with van der Waals surface area (Å²) in [5.41, 5.74) is 2.67. The van der Waals surface area contributed by atoms with Gasteiger partial charge in [0.2, 0.25) is 5.91 Å². The number of carbonyl (C=O) groups excluding carboxylic acids is 1. The van der Waals surface area contributed by atoms with Crippen LogP contribution in [0.3, 0.4) is 0 Å². The molecule has 1 aromatic rings. The smallest absolute Gasteiger partial charge is 0.303 e. The lowest BCUT2D eigenvalue weighted by atomic mass is 10.1. The van der Waals surface area contributed by atoms with Gasteiger partial charge < -0.3 is 10.4 Å². The van der Waals surface area contributed by atoms with Crippen molar-refractivity contribution in [3.63, 3.8) is 0 Å². The number of nitrogens with one attached hydrogen (secondary N) is 2. The van der Waals surface area contributed by atoms with E-state index >= 15 is 0 Å². The van der Waals surface area contributed by atoms with E-state index in [-0.39, 0.29) is 18.2 Å². The Hall–Kier alpha value is -1.85. The van der Waals surface area contributed by atoms with E-state index in [4.69, 9.17) is 5.11 Å². The molecule has 0 aromatic carbocycles. The second-order valence-corrected chi connectivity index (χ2v) is 4.93. The highest BCUT2D eigenvalue weighted by atomic mass is 16.4. The van der Waals surface area contributed by atoms with Crippen LogP contribution in [0.5, 0.6) is 0 Å². The molecular weight excluding hydrogens is 246 g/mol. The van der Waals surface area contributed by atoms with Crippen molar-refractivity contribution >= 4 is 11.9 Å². The third kappa shape index (κ3) is 5.11. The van der Waals surface area contributed by atoms with Crippen molar-refractivity contribution in [2.75, 3.05) is 6.54 Å². The molecule has 1 aromatic heterocycles. The Morgan fingerprint density at radius 2 is 2.11 bits per heavy atom. The number of H-pyrrole nitrogens is 1. The maximum atomic E-state index is 11.8. The minimum atomic E-state index is -0.803. The number of rotatable bonds is 7. The number of aryl methyl sites for hydroxylation is 2. The first-order valence-electron chi connectivity index (χ1n) is 6.39. The van der Waals surface area contributed by atoms with Gasteiger partial charge in [-0.3, -0.25) is 14.7 Å². The van der Waals surface area contributed by atoms with E-state index < -0.39 is 5.97 Å². The zero-order valence-corrected chi connectivity index (χ0v) is 11.6. The maximum absolute atomic E-state index is 11.8. The van der Waals surface area contributed by atoms with Crippen molar-refractivity contribution in [3.05, 3.63) is 17.0 Å². The number of aliphatic carboxylic acids is 1. The van der Waals surface area contributed by atoms with E-state index in [0.717, 1.165) is 17.0 Å². The highest BCUT2D eigenvalue weighted by Crippen LogP contribution is 2.10. The fourth-order valence-corrected chi connectivity index (χ4v) is 1.82. The van der Waals surface area contributed by atoms with Crippen LogP contribution in [0, 0.1) is 19.8 Å². The van der Waals surface area contributed by atoms with Crippen molar-refractivity contribution in [1.82, 2.24) is 15.5 Å². The van der Waals surface area contributed by atoms with E-state index in [1.165, 1.54) is 0 Å². The number of aromatic nitrogens is 2. The molecule has 3 N–H and O–H groups in total. The molecule has 0 fully saturated rings. The first-order chi connectivity index (χ1) is 8.90. The van der Waals surface area contributed by atoms with Gasteiger partial charge in [-0.1, -0.05) is 6.92 Å². The van der Waals surface area contributed by atoms with E-state index in [9.17, 15) is 9.59 Å². The summed E-state index contributed by atoms with van der Waals surface area (Å²) in [4.78, 5) is 22.2. The van der Waals surface area contributed by atoms with Gasteiger partial charge >= 0.3 is 5.97 Å². The van der Waals surface area contributed by atoms with Gasteiger partial charge in [0.25, 0.3) is 0 Å². The monoisotopic (exact) mass is 267 g/mol. The molecule has 0 saturated carbocycles. The van der Waals surface area contributed by atoms with Crippen molar-refractivity contribution in [2.45, 2.75) is 40.0 Å². The number of carboxylic acids is 1. The second kappa shape index (κ2) is 6.92. The summed E-state index contributed by atoms with van der Waals surface area (Å²) in [6.45, 7) is 6.18. The lowest BCUT2D eigenvalue weighted by molar-refractivity contribution is -0.137. The average Bonchev–Trinajstić information content (AvgIpc) is 2.65. The quantitative estimate of drug-likeness (QED) is 0.691. The Labute approximate surface area is 112 Å². The van der Waals surface area contributed by atoms with Crippen molar-refractivity contribution in [3.8, 4) is 0 Å². The number of nitrogens with zero attached hydrogens (tertiary/aromatic N) is 1. The van der Waals surface area contributed by atoms with Gasteiger partial charge in [-0.25, -0.2) is 0 Å². The fraction of sp³-hybridized carbons (Fsp3) is 0.615. The maximum Gasteiger partial charge on any atom is 0.303 e. The third-order valence-corrected chi connectivity index (χ3v) is 3.12. The number of hydrogen-bond donors (Lipinski definition) is 3. The Bertz CT molecular complexity index is 434. The summed E-state index contributed by atoms with van der Waals surface area (Å²) >= 11 is 0. The van der Waals surface area contributed by atoms with E-state index in [1.807, 2.05) is 20.8 Å². The molecular formula is C13H21N3O3. The Kier molecular flexibility index (Phi) is 5.54. The van der Waals surface area contributed by atoms with Crippen LogP contribution in [-0.4, -0.2) is 33.7 Å². The third-order valence-electron chi connectivity index (χ3n) is 3.12. The summed E-state index contributed by atoms with van der Waals surface area (Å²) in [5, 5.41) is 18.3. The van der Waals surface area contributed by atoms with Gasteiger partial charge in [-0.05, 0) is 26.2 Å². The second-order valence-electron chi connectivity index (χ2n) is 4.93. The van der Waals surface area contributed by atoms with Gasteiger partial charge in [0.1, 0.15) is 0 Å². The van der Waals surface area contributed by atoms with Gasteiger partial charge in [0.05, 0.1) is 12.1 Å². The summed E-state index contributed by atoms with van der Waals surface area (Å²) in [7, 11) is 0. The van der Waals surface area contributed by atoms with Crippen LogP contribution < -0.4 is 5.32 Å². The van der Waals surface area contributed by atoms with Crippen LogP contribution in [-0.2, 0) is 16.0 Å². The van der Waals surface area contributed by atoms with E-state index in [2.05, 4.69) is 15.5 Å². The van der Waals surface area contributed by atoms with Gasteiger partial charge in [0.15, 0.2) is 0 Å². The summed E-state index contributed by atoms with van der Waals surface area (Å²) in [6, 6.07) is 0. The Morgan fingerprint density at radius 1 is 1.42 bits per heavy atom. The highest BCUT2D eigenvalue weighted by molar-refractivity contribution is 5.79. The van der Waals surface area contributed by atoms with Crippen LogP contribution >= 0.6 is 0 Å². The number of amides is 1. The van der Waals surface area contributed by atoms with Gasteiger partial charge in [-0.2, -0.15) is 5.10 Å². The molecule has 1 heterocycles. The minimum Gasteiger partial charge on any atom is -0.481 e. The molecule has 1 atom stereocenters. The average molecular weight is 267 g/mol. The van der Waals surface area contributed by atoms with Gasteiger partial charge in [-0.15, -0.1) is 0 Å². The molecule has 0 spiro atoms. The molecule has 1 rings (SSSR count). The molecule has 0 bridgehead atoms. The molecule has 6 nitrogen and oxygen atoms in total. The Morgan fingerprint density at radius 3 is 2.63 bits per heavy atom. The van der Waals surface area contributed by atoms with Crippen LogP contribution in [0.4, 0.5) is 0 Å². The predicted molar refractivity (Wildman–Crippen MR) is 70.8 cm³/mol. The van der Waals surface area contributed by atoms with Crippen LogP contribution in [0.25, 0.3) is 0 Å². The number of carbonyl (C=O) groups is 2. The van der Waals surface area contributed by atoms with Crippen molar-refractivity contribution in [1.29, 1.82) is 0 Å². The van der Waals surface area contributed by atoms with Gasteiger partial charge in [0, 0.05) is 24.2 Å². The minimum absolute atomic E-state index is 0.0604. The first-order valence-corrected chi connectivity index (χ1v) is 6.39. The lowest BCUT2D eigenvalue weighted by Gasteiger charge is -2.11. The zero-order valence-electron chi connectivity index (χ0n) is 11.6. The largest absolute Gasteiger partial charge is 0.481 e. The number of aromatic amines is 1. The molecule has 0 saturated heterocycles. The Balaban J connectivity index is 2.34. The molecule has 6 heteroatoms. The number of carboxylic acid groups (broad SMARTS) is 1. The summed E-state index contributed by atoms with van der Waals surface area (Å²) in [5.74, 6) is -0.704. The van der Waals surface area contributed by atoms with Crippen molar-refractivity contribution < 1.29 is 14.7 Å². The normalized spacial score (nSPS) is 12.2. The molecule has 1 unspecified atom stereocenters. The molecule has 0 aliphatic carbocycles. The van der Waals surface area contributed by atoms with Crippen LogP contribution in [0.2, 0.25) is 0 Å². The highest BCUT2D eigenvalue weighted by Gasteiger charge is 2.12. The van der Waals surface area contributed by atoms with Crippen LogP contribution in [0.1, 0.15) is 36.7 Å². The first kappa shape index (κ1) is 15.2. The SMILES string of the molecule is Cc1n[nH]c(C)c1CC(=O)NCC(C)CCC(=O)O. The standard InChI is InChI=1S/C13H21N3O3/c1-8(4-5-13(18)19)7-14-12(17)6-11-9(2)15-16-10(11)3/h8H,4-7H2,1-3H3,(H,14,17)(H,15,16)(H,18,19). The van der Waals surface area contributed by atoms with E-state index in [0.29, 0.717) is 19.4 Å². The van der Waals surface area contributed by atoms with Crippen molar-refractivity contribution in [2.24, 2.45) is 5.92 Å². The molecule has 106 valence electrons. The summed E-state index contributed by atoms with van der Waals surface area (Å²) in [6.07, 6.45) is 1.01. The lowest BCUT2D eigenvalue weighted by Crippen LogP contribution is -2.30. The molecule has 0 aliphatic rings. The van der Waals surface area contributed by atoms with Crippen LogP contribution in [0.15, 0.2) is 0 Å². The molecule has 19 heavy (non-hydrogen) atoms. The molecule has 0 radical (unpaired) electrons. The predicted octanol–water partition coefficient (Wildman–Crippen LogP) is 1.19. The topological polar surface area (TPSA) is 95.1 Å². The fourth-order valence-electron chi connectivity index (χ4n) is 1.82. The molecule has 0 aliphatic heterocycles. The number of hydrogen-bond acceptors (Lipinski definition) is 3.